The van der Waals surface area contributed by atoms with E-state index in [9.17, 15) is 8.78 Å². The monoisotopic (exact) mass is 411 g/mol. The Bertz CT molecular complexity index is 1100. The summed E-state index contributed by atoms with van der Waals surface area (Å²) in [7, 11) is 0. The molecule has 2 heterocycles. The van der Waals surface area contributed by atoms with Crippen LogP contribution in [0.4, 0.5) is 14.6 Å². The first-order valence-electron chi connectivity index (χ1n) is 10.3. The van der Waals surface area contributed by atoms with Crippen LogP contribution < -0.4 is 5.32 Å². The van der Waals surface area contributed by atoms with Crippen LogP contribution in [0.15, 0.2) is 41.8 Å². The maximum absolute atomic E-state index is 14.7. The number of aromatic nitrogens is 2. The molecule has 29 heavy (non-hydrogen) atoms. The predicted octanol–water partition coefficient (Wildman–Crippen LogP) is 6.82. The zero-order valence-electron chi connectivity index (χ0n) is 16.1. The van der Waals surface area contributed by atoms with E-state index in [1.54, 1.807) is 11.3 Å². The van der Waals surface area contributed by atoms with E-state index in [0.29, 0.717) is 17.3 Å². The van der Waals surface area contributed by atoms with Gasteiger partial charge in [0.2, 0.25) is 0 Å². The number of halogens is 2. The summed E-state index contributed by atoms with van der Waals surface area (Å²) in [5.74, 6) is -0.332. The zero-order valence-corrected chi connectivity index (χ0v) is 16.9. The van der Waals surface area contributed by atoms with Crippen molar-refractivity contribution in [1.29, 1.82) is 0 Å². The van der Waals surface area contributed by atoms with Crippen molar-refractivity contribution in [3.63, 3.8) is 0 Å². The second-order valence-electron chi connectivity index (χ2n) is 7.81. The number of anilines is 1. The maximum Gasteiger partial charge on any atom is 0.196 e. The number of nitrogens with zero attached hydrogens (tertiary/aromatic N) is 2. The molecule has 0 amide bonds. The second-order valence-corrected chi connectivity index (χ2v) is 8.65. The van der Waals surface area contributed by atoms with Crippen LogP contribution in [0.2, 0.25) is 0 Å². The highest BCUT2D eigenvalue weighted by atomic mass is 32.1. The number of thiazole rings is 1. The highest BCUT2D eigenvalue weighted by molar-refractivity contribution is 7.15. The molecular formula is C23H23F2N3S. The molecule has 0 bridgehead atoms. The van der Waals surface area contributed by atoms with Crippen LogP contribution in [0.1, 0.15) is 50.6 Å². The lowest BCUT2D eigenvalue weighted by molar-refractivity contribution is 0.461. The minimum absolute atomic E-state index is 0.337. The molecule has 2 aliphatic rings. The van der Waals surface area contributed by atoms with Gasteiger partial charge in [0.05, 0.1) is 5.69 Å². The van der Waals surface area contributed by atoms with Gasteiger partial charge in [-0.25, -0.2) is 13.8 Å². The van der Waals surface area contributed by atoms with Gasteiger partial charge in [-0.05, 0) is 43.4 Å². The van der Waals surface area contributed by atoms with E-state index in [1.807, 2.05) is 0 Å². The largest absolute Gasteiger partial charge is 0.367 e. The summed E-state index contributed by atoms with van der Waals surface area (Å²) < 4.78 is 30.3. The van der Waals surface area contributed by atoms with Gasteiger partial charge in [0.1, 0.15) is 23.1 Å². The van der Waals surface area contributed by atoms with Crippen molar-refractivity contribution in [3.8, 4) is 11.3 Å². The van der Waals surface area contributed by atoms with E-state index in [0.717, 1.165) is 48.2 Å². The van der Waals surface area contributed by atoms with Crippen LogP contribution in [0, 0.1) is 11.6 Å². The Balaban J connectivity index is 1.67. The normalized spacial score (nSPS) is 17.7. The fraction of sp³-hybridized carbons (Fsp3) is 0.348. The van der Waals surface area contributed by atoms with Crippen LogP contribution in [0.5, 0.6) is 0 Å². The number of allylic oxidation sites excluding steroid dienone is 4. The van der Waals surface area contributed by atoms with Gasteiger partial charge in [-0.2, -0.15) is 0 Å². The molecule has 3 aromatic rings. The van der Waals surface area contributed by atoms with Gasteiger partial charge in [-0.3, -0.25) is 4.40 Å². The lowest BCUT2D eigenvalue weighted by Crippen LogP contribution is -2.23. The lowest BCUT2D eigenvalue weighted by Gasteiger charge is -2.24. The number of benzene rings is 1. The summed E-state index contributed by atoms with van der Waals surface area (Å²) in [6, 6.07) is 4.07. The molecule has 1 fully saturated rings. The van der Waals surface area contributed by atoms with Crippen LogP contribution in [-0.2, 0) is 0 Å². The number of hydrogen-bond acceptors (Lipinski definition) is 3. The Morgan fingerprint density at radius 1 is 1.14 bits per heavy atom. The molecular weight excluding hydrogens is 388 g/mol. The van der Waals surface area contributed by atoms with Crippen molar-refractivity contribution < 1.29 is 8.78 Å². The topological polar surface area (TPSA) is 29.3 Å². The molecule has 0 radical (unpaired) electrons. The molecule has 0 unspecified atom stereocenters. The van der Waals surface area contributed by atoms with Gasteiger partial charge in [0.15, 0.2) is 4.96 Å². The first-order valence-corrected chi connectivity index (χ1v) is 11.2. The highest BCUT2D eigenvalue weighted by Crippen LogP contribution is 2.38. The van der Waals surface area contributed by atoms with Gasteiger partial charge in [0.25, 0.3) is 0 Å². The Kier molecular flexibility index (Phi) is 4.96. The molecule has 0 spiro atoms. The van der Waals surface area contributed by atoms with Crippen LogP contribution in [0.3, 0.4) is 0 Å². The molecule has 5 rings (SSSR count). The van der Waals surface area contributed by atoms with Crippen molar-refractivity contribution in [2.75, 3.05) is 5.32 Å². The first kappa shape index (κ1) is 18.6. The molecule has 6 heteroatoms. The van der Waals surface area contributed by atoms with Crippen molar-refractivity contribution in [1.82, 2.24) is 9.38 Å². The molecule has 3 nitrogen and oxygen atoms in total. The van der Waals surface area contributed by atoms with Gasteiger partial charge in [-0.15, -0.1) is 11.3 Å². The predicted molar refractivity (Wildman–Crippen MR) is 115 cm³/mol. The zero-order chi connectivity index (χ0) is 19.8. The summed E-state index contributed by atoms with van der Waals surface area (Å²) in [6.45, 7) is 0. The number of hydrogen-bond donors (Lipinski definition) is 1. The summed E-state index contributed by atoms with van der Waals surface area (Å²) in [5, 5.41) is 5.81. The van der Waals surface area contributed by atoms with Crippen molar-refractivity contribution in [3.05, 3.63) is 59.1 Å². The minimum atomic E-state index is -0.580. The summed E-state index contributed by atoms with van der Waals surface area (Å²) in [6.07, 6.45) is 14.3. The van der Waals surface area contributed by atoms with E-state index in [4.69, 9.17) is 4.98 Å². The third-order valence-electron chi connectivity index (χ3n) is 5.84. The van der Waals surface area contributed by atoms with Crippen LogP contribution in [-0.4, -0.2) is 15.4 Å². The Labute approximate surface area is 172 Å². The fourth-order valence-corrected chi connectivity index (χ4v) is 5.25. The Morgan fingerprint density at radius 3 is 2.76 bits per heavy atom. The molecule has 1 N–H and O–H groups in total. The lowest BCUT2D eigenvalue weighted by atomic mass is 9.95. The molecule has 2 aliphatic carbocycles. The number of imidazole rings is 1. The SMILES string of the molecule is Fc1ccc(-c2nc3scc(C4=CC=CCC4)n3c2NC2CCCCC2)c(F)c1. The molecule has 1 saturated carbocycles. The molecule has 0 saturated heterocycles. The Hall–Kier alpha value is -2.47. The van der Waals surface area contributed by atoms with E-state index in [2.05, 4.69) is 33.3 Å². The summed E-state index contributed by atoms with van der Waals surface area (Å²) in [5.41, 5.74) is 3.26. The fourth-order valence-electron chi connectivity index (χ4n) is 4.34. The summed E-state index contributed by atoms with van der Waals surface area (Å²) in [4.78, 5) is 5.59. The third-order valence-corrected chi connectivity index (χ3v) is 6.66. The highest BCUT2D eigenvalue weighted by Gasteiger charge is 2.24. The summed E-state index contributed by atoms with van der Waals surface area (Å²) >= 11 is 1.56. The number of rotatable bonds is 4. The molecule has 0 atom stereocenters. The first-order chi connectivity index (χ1) is 14.2. The van der Waals surface area contributed by atoms with Gasteiger partial charge < -0.3 is 5.32 Å². The van der Waals surface area contributed by atoms with Crippen LogP contribution in [0.25, 0.3) is 21.8 Å². The van der Waals surface area contributed by atoms with E-state index in [-0.39, 0.29) is 0 Å². The quantitative estimate of drug-likeness (QED) is 0.510. The minimum Gasteiger partial charge on any atom is -0.367 e. The molecule has 2 aromatic heterocycles. The second kappa shape index (κ2) is 7.75. The van der Waals surface area contributed by atoms with Crippen molar-refractivity contribution in [2.24, 2.45) is 0 Å². The molecule has 0 aliphatic heterocycles. The van der Waals surface area contributed by atoms with Gasteiger partial charge in [0, 0.05) is 23.1 Å². The van der Waals surface area contributed by atoms with Crippen molar-refractivity contribution in [2.45, 2.75) is 51.0 Å². The van der Waals surface area contributed by atoms with Gasteiger partial charge in [-0.1, -0.05) is 37.5 Å². The van der Waals surface area contributed by atoms with Crippen LogP contribution >= 0.6 is 11.3 Å². The van der Waals surface area contributed by atoms with Gasteiger partial charge >= 0.3 is 0 Å². The standard InChI is InChI=1S/C23H23F2N3S/c24-16-11-12-18(19(25)13-16)21-22(26-17-9-5-2-6-10-17)28-20(14-29-23(28)27-21)15-7-3-1-4-8-15/h1,3,7,11-14,17,26H,2,4-6,8-10H2. The molecule has 150 valence electrons. The van der Waals surface area contributed by atoms with E-state index < -0.39 is 11.6 Å². The average molecular weight is 412 g/mol. The number of nitrogens with one attached hydrogen (secondary N) is 1. The number of fused-ring (bicyclic) bond motifs is 1. The van der Waals surface area contributed by atoms with E-state index in [1.165, 1.54) is 37.0 Å². The molecule has 1 aromatic carbocycles. The maximum atomic E-state index is 14.7. The average Bonchev–Trinajstić information content (AvgIpc) is 3.30. The van der Waals surface area contributed by atoms with Crippen molar-refractivity contribution >= 4 is 27.7 Å². The smallest absolute Gasteiger partial charge is 0.196 e. The Morgan fingerprint density at radius 2 is 2.00 bits per heavy atom. The van der Waals surface area contributed by atoms with E-state index >= 15 is 0 Å². The third kappa shape index (κ3) is 3.50.